The standard InChI is InChI=1S/C16H13BrN2O2/c1-11(21-15-8-3-2-7-14(15)17)16(20)19-13-6-4-5-12(9-13)10-18/h2-9,11H,1H3,(H,19,20)/t11-/m0/s1. The summed E-state index contributed by atoms with van der Waals surface area (Å²) in [6.07, 6.45) is -0.658. The summed E-state index contributed by atoms with van der Waals surface area (Å²) in [7, 11) is 0. The van der Waals surface area contributed by atoms with E-state index >= 15 is 0 Å². The molecule has 2 aromatic rings. The zero-order valence-corrected chi connectivity index (χ0v) is 12.9. The van der Waals surface area contributed by atoms with Gasteiger partial charge in [0.05, 0.1) is 16.1 Å². The van der Waals surface area contributed by atoms with Crippen LogP contribution >= 0.6 is 15.9 Å². The molecule has 0 aliphatic heterocycles. The Kier molecular flexibility index (Phi) is 4.96. The van der Waals surface area contributed by atoms with Gasteiger partial charge < -0.3 is 10.1 Å². The Morgan fingerprint density at radius 3 is 2.76 bits per heavy atom. The highest BCUT2D eigenvalue weighted by Gasteiger charge is 2.16. The van der Waals surface area contributed by atoms with Crippen LogP contribution in [0.1, 0.15) is 12.5 Å². The number of para-hydroxylation sites is 1. The second-order valence-electron chi connectivity index (χ2n) is 4.37. The van der Waals surface area contributed by atoms with E-state index in [2.05, 4.69) is 21.2 Å². The van der Waals surface area contributed by atoms with Crippen molar-refractivity contribution in [1.29, 1.82) is 5.26 Å². The summed E-state index contributed by atoms with van der Waals surface area (Å²) >= 11 is 3.37. The van der Waals surface area contributed by atoms with Crippen molar-refractivity contribution in [2.45, 2.75) is 13.0 Å². The lowest BCUT2D eigenvalue weighted by atomic mass is 10.2. The maximum absolute atomic E-state index is 12.1. The minimum atomic E-state index is -0.658. The fourth-order valence-corrected chi connectivity index (χ4v) is 2.07. The number of hydrogen-bond acceptors (Lipinski definition) is 3. The Balaban J connectivity index is 2.03. The Labute approximate surface area is 131 Å². The molecule has 5 heteroatoms. The third-order valence-corrected chi connectivity index (χ3v) is 3.42. The van der Waals surface area contributed by atoms with Crippen LogP contribution in [0.5, 0.6) is 5.75 Å². The molecule has 0 aliphatic carbocycles. The first-order valence-corrected chi connectivity index (χ1v) is 7.11. The van der Waals surface area contributed by atoms with Gasteiger partial charge in [-0.15, -0.1) is 0 Å². The highest BCUT2D eigenvalue weighted by atomic mass is 79.9. The molecule has 21 heavy (non-hydrogen) atoms. The van der Waals surface area contributed by atoms with Gasteiger partial charge in [0.2, 0.25) is 0 Å². The van der Waals surface area contributed by atoms with E-state index in [1.54, 1.807) is 37.3 Å². The minimum absolute atomic E-state index is 0.277. The van der Waals surface area contributed by atoms with Gasteiger partial charge in [-0.1, -0.05) is 18.2 Å². The highest BCUT2D eigenvalue weighted by molar-refractivity contribution is 9.10. The summed E-state index contributed by atoms with van der Waals surface area (Å²) in [4.78, 5) is 12.1. The molecule has 0 radical (unpaired) electrons. The van der Waals surface area contributed by atoms with Gasteiger partial charge in [0.15, 0.2) is 6.10 Å². The van der Waals surface area contributed by atoms with E-state index in [9.17, 15) is 4.79 Å². The summed E-state index contributed by atoms with van der Waals surface area (Å²) < 4.78 is 6.40. The molecule has 4 nitrogen and oxygen atoms in total. The van der Waals surface area contributed by atoms with Gasteiger partial charge >= 0.3 is 0 Å². The number of hydrogen-bond donors (Lipinski definition) is 1. The first-order chi connectivity index (χ1) is 10.1. The molecular formula is C16H13BrN2O2. The van der Waals surface area contributed by atoms with Crippen molar-refractivity contribution in [1.82, 2.24) is 0 Å². The number of anilines is 1. The quantitative estimate of drug-likeness (QED) is 0.919. The number of ether oxygens (including phenoxy) is 1. The number of nitrogens with zero attached hydrogens (tertiary/aromatic N) is 1. The number of rotatable bonds is 4. The van der Waals surface area contributed by atoms with Crippen molar-refractivity contribution in [3.8, 4) is 11.8 Å². The molecule has 0 saturated heterocycles. The van der Waals surface area contributed by atoms with E-state index in [0.717, 1.165) is 4.47 Å². The number of nitriles is 1. The fraction of sp³-hybridized carbons (Fsp3) is 0.125. The van der Waals surface area contributed by atoms with Crippen molar-refractivity contribution in [3.05, 3.63) is 58.6 Å². The van der Waals surface area contributed by atoms with Crippen LogP contribution in [-0.4, -0.2) is 12.0 Å². The highest BCUT2D eigenvalue weighted by Crippen LogP contribution is 2.25. The Morgan fingerprint density at radius 2 is 2.05 bits per heavy atom. The van der Waals surface area contributed by atoms with Crippen LogP contribution in [0.2, 0.25) is 0 Å². The number of carbonyl (C=O) groups is 1. The predicted molar refractivity (Wildman–Crippen MR) is 84.0 cm³/mol. The minimum Gasteiger partial charge on any atom is -0.480 e. The van der Waals surface area contributed by atoms with Crippen molar-refractivity contribution in [2.24, 2.45) is 0 Å². The molecule has 0 saturated carbocycles. The topological polar surface area (TPSA) is 62.1 Å². The molecule has 1 amide bonds. The zero-order chi connectivity index (χ0) is 15.2. The van der Waals surface area contributed by atoms with E-state index in [1.807, 2.05) is 24.3 Å². The lowest BCUT2D eigenvalue weighted by Crippen LogP contribution is -2.30. The van der Waals surface area contributed by atoms with E-state index in [4.69, 9.17) is 10.00 Å². The van der Waals surface area contributed by atoms with Gasteiger partial charge in [0.25, 0.3) is 5.91 Å². The van der Waals surface area contributed by atoms with Crippen molar-refractivity contribution in [3.63, 3.8) is 0 Å². The zero-order valence-electron chi connectivity index (χ0n) is 11.3. The maximum Gasteiger partial charge on any atom is 0.265 e. The number of amides is 1. The van der Waals surface area contributed by atoms with Gasteiger partial charge in [-0.2, -0.15) is 5.26 Å². The summed E-state index contributed by atoms with van der Waals surface area (Å²) in [5.41, 5.74) is 1.06. The van der Waals surface area contributed by atoms with E-state index in [-0.39, 0.29) is 5.91 Å². The first-order valence-electron chi connectivity index (χ1n) is 6.32. The van der Waals surface area contributed by atoms with Crippen LogP contribution in [0.25, 0.3) is 0 Å². The van der Waals surface area contributed by atoms with Crippen molar-refractivity contribution < 1.29 is 9.53 Å². The predicted octanol–water partition coefficient (Wildman–Crippen LogP) is 3.73. The first kappa shape index (κ1) is 15.1. The fourth-order valence-electron chi connectivity index (χ4n) is 1.69. The van der Waals surface area contributed by atoms with Crippen LogP contribution in [0.15, 0.2) is 53.0 Å². The summed E-state index contributed by atoms with van der Waals surface area (Å²) in [6.45, 7) is 1.67. The number of benzene rings is 2. The monoisotopic (exact) mass is 344 g/mol. The summed E-state index contributed by atoms with van der Waals surface area (Å²) in [5, 5.41) is 11.6. The van der Waals surface area contributed by atoms with Crippen LogP contribution in [0.3, 0.4) is 0 Å². The molecule has 2 aromatic carbocycles. The molecule has 1 N–H and O–H groups in total. The van der Waals surface area contributed by atoms with Gasteiger partial charge in [-0.05, 0) is 53.2 Å². The molecule has 0 bridgehead atoms. The molecule has 2 rings (SSSR count). The maximum atomic E-state index is 12.1. The Bertz CT molecular complexity index is 695. The van der Waals surface area contributed by atoms with Crippen molar-refractivity contribution >= 4 is 27.5 Å². The smallest absolute Gasteiger partial charge is 0.265 e. The third-order valence-electron chi connectivity index (χ3n) is 2.77. The van der Waals surface area contributed by atoms with E-state index in [1.165, 1.54) is 0 Å². The van der Waals surface area contributed by atoms with Crippen LogP contribution < -0.4 is 10.1 Å². The van der Waals surface area contributed by atoms with Gasteiger partial charge in [0, 0.05) is 5.69 Å². The second kappa shape index (κ2) is 6.91. The lowest BCUT2D eigenvalue weighted by Gasteiger charge is -2.15. The average molecular weight is 345 g/mol. The van der Waals surface area contributed by atoms with Crippen molar-refractivity contribution in [2.75, 3.05) is 5.32 Å². The SMILES string of the molecule is C[C@H](Oc1ccccc1Br)C(=O)Nc1cccc(C#N)c1. The number of nitrogens with one attached hydrogen (secondary N) is 1. The number of halogens is 1. The molecule has 1 atom stereocenters. The molecule has 0 heterocycles. The van der Waals surface area contributed by atoms with E-state index < -0.39 is 6.10 Å². The molecule has 0 aromatic heterocycles. The number of carbonyl (C=O) groups excluding carboxylic acids is 1. The molecule has 0 fully saturated rings. The van der Waals surface area contributed by atoms with Gasteiger partial charge in [-0.25, -0.2) is 0 Å². The summed E-state index contributed by atoms with van der Waals surface area (Å²) in [5.74, 6) is 0.326. The normalized spacial score (nSPS) is 11.3. The van der Waals surface area contributed by atoms with Gasteiger partial charge in [-0.3, -0.25) is 4.79 Å². The van der Waals surface area contributed by atoms with Crippen LogP contribution in [-0.2, 0) is 4.79 Å². The lowest BCUT2D eigenvalue weighted by molar-refractivity contribution is -0.122. The Hall–Kier alpha value is -2.32. The van der Waals surface area contributed by atoms with Gasteiger partial charge in [0.1, 0.15) is 5.75 Å². The molecule has 0 aliphatic rings. The molecule has 0 unspecified atom stereocenters. The summed E-state index contributed by atoms with van der Waals surface area (Å²) in [6, 6.07) is 16.1. The van der Waals surface area contributed by atoms with Crippen LogP contribution in [0, 0.1) is 11.3 Å². The molecule has 106 valence electrons. The average Bonchev–Trinajstić information content (AvgIpc) is 2.49. The van der Waals surface area contributed by atoms with Crippen LogP contribution in [0.4, 0.5) is 5.69 Å². The second-order valence-corrected chi connectivity index (χ2v) is 5.23. The molecular weight excluding hydrogens is 332 g/mol. The van der Waals surface area contributed by atoms with E-state index in [0.29, 0.717) is 17.0 Å². The third kappa shape index (κ3) is 4.07. The largest absolute Gasteiger partial charge is 0.480 e. The molecule has 0 spiro atoms. The Morgan fingerprint density at radius 1 is 1.29 bits per heavy atom.